The third-order valence-electron chi connectivity index (χ3n) is 8.44. The number of anilines is 1. The first-order valence-corrected chi connectivity index (χ1v) is 16.6. The summed E-state index contributed by atoms with van der Waals surface area (Å²) in [4.78, 5) is 45.8. The molecule has 3 saturated heterocycles. The molecule has 4 rings (SSSR count). The monoisotopic (exact) mass is 666 g/mol. The van der Waals surface area contributed by atoms with Crippen LogP contribution in [0.3, 0.4) is 0 Å². The van der Waals surface area contributed by atoms with Gasteiger partial charge >= 0.3 is 5.97 Å². The summed E-state index contributed by atoms with van der Waals surface area (Å²) >= 11 is 12.1. The molecule has 0 saturated carbocycles. The summed E-state index contributed by atoms with van der Waals surface area (Å²) in [7, 11) is 0. The van der Waals surface area contributed by atoms with E-state index < -0.39 is 22.6 Å². The number of allylic oxidation sites excluding steroid dienone is 1. The zero-order chi connectivity index (χ0) is 29.7. The van der Waals surface area contributed by atoms with E-state index in [2.05, 4.69) is 29.1 Å². The Morgan fingerprint density at radius 1 is 1.24 bits per heavy atom. The smallest absolute Gasteiger partial charge is 0.310 e. The molecule has 1 aromatic rings. The molecule has 3 fully saturated rings. The number of fused-ring (bicyclic) bond motifs is 1. The van der Waals surface area contributed by atoms with Crippen LogP contribution in [0.4, 0.5) is 5.69 Å². The van der Waals surface area contributed by atoms with E-state index in [1.54, 1.807) is 39.8 Å². The number of esters is 1. The Balaban J connectivity index is 1.72. The van der Waals surface area contributed by atoms with E-state index >= 15 is 0 Å². The lowest BCUT2D eigenvalue weighted by Crippen LogP contribution is -2.55. The Morgan fingerprint density at radius 2 is 2.00 bits per heavy atom. The number of ether oxygens (including phenoxy) is 1. The maximum Gasteiger partial charge on any atom is 0.310 e. The zero-order valence-corrected chi connectivity index (χ0v) is 26.8. The van der Waals surface area contributed by atoms with Crippen LogP contribution >= 0.6 is 39.3 Å². The second-order valence-electron chi connectivity index (χ2n) is 11.1. The highest BCUT2D eigenvalue weighted by molar-refractivity contribution is 9.09. The lowest BCUT2D eigenvalue weighted by atomic mass is 9.71. The third kappa shape index (κ3) is 6.15. The number of halogens is 2. The van der Waals surface area contributed by atoms with Gasteiger partial charge in [-0.05, 0) is 50.7 Å². The normalized spacial score (nSPS) is 28.0. The fourth-order valence-electron chi connectivity index (χ4n) is 6.70. The van der Waals surface area contributed by atoms with Gasteiger partial charge in [-0.1, -0.05) is 64.7 Å². The second kappa shape index (κ2) is 14.1. The molecular weight excluding hydrogens is 628 g/mol. The van der Waals surface area contributed by atoms with Crippen molar-refractivity contribution >= 4 is 62.8 Å². The van der Waals surface area contributed by atoms with Crippen LogP contribution in [-0.2, 0) is 19.1 Å². The number of amides is 2. The van der Waals surface area contributed by atoms with E-state index in [-0.39, 0.29) is 47.6 Å². The molecule has 1 aromatic carbocycles. The van der Waals surface area contributed by atoms with E-state index in [4.69, 9.17) is 16.3 Å². The van der Waals surface area contributed by atoms with Gasteiger partial charge in [0.15, 0.2) is 0 Å². The number of thioether (sulfide) groups is 1. The standard InChI is InChI=1S/C31H40BrClN2O5S/c1-4-6-11-18-40-30(39)23-24-28(37)35(16-9-7-8-10-17-36)27(31(24)19-21(32)26(23)41-31)29(38)34(15-5-2)25-20(3)13-12-14-22(25)33/h4-5,12-14,21,23-24,26-27,36H,1-2,6-11,15-19H2,3H3/t21?,23-,24-,26-,27?,31?/m0/s1. The highest BCUT2D eigenvalue weighted by Gasteiger charge is 2.76. The molecule has 3 aliphatic rings. The lowest BCUT2D eigenvalue weighted by molar-refractivity contribution is -0.154. The number of likely N-dealkylation sites (tertiary alicyclic amines) is 1. The van der Waals surface area contributed by atoms with Crippen molar-refractivity contribution < 1.29 is 24.2 Å². The zero-order valence-electron chi connectivity index (χ0n) is 23.6. The SMILES string of the molecule is C=CCCCOC(=O)[C@H]1[C@H]2C(=O)N(CCCCCCO)C(C(=O)N(CC=C)c3c(C)cccc3Cl)C23CC(Br)[C@@H]1S3. The Bertz CT molecular complexity index is 1150. The fraction of sp³-hybridized carbons (Fsp3) is 0.581. The molecule has 1 N–H and O–H groups in total. The van der Waals surface area contributed by atoms with Gasteiger partial charge in [0.1, 0.15) is 6.04 Å². The van der Waals surface area contributed by atoms with Crippen LogP contribution in [0.15, 0.2) is 43.5 Å². The highest BCUT2D eigenvalue weighted by Crippen LogP contribution is 2.68. The first-order chi connectivity index (χ1) is 19.7. The number of hydrogen-bond donors (Lipinski definition) is 1. The number of aryl methyl sites for hydroxylation is 1. The van der Waals surface area contributed by atoms with E-state index in [1.165, 1.54) is 0 Å². The predicted molar refractivity (Wildman–Crippen MR) is 169 cm³/mol. The van der Waals surface area contributed by atoms with Gasteiger partial charge in [0.25, 0.3) is 5.91 Å². The molecule has 2 bridgehead atoms. The van der Waals surface area contributed by atoms with E-state index in [0.717, 1.165) is 24.8 Å². The molecular formula is C31H40BrClN2O5S. The van der Waals surface area contributed by atoms with Gasteiger partial charge in [0.05, 0.1) is 33.9 Å². The molecule has 7 nitrogen and oxygen atoms in total. The van der Waals surface area contributed by atoms with Crippen LogP contribution in [0.25, 0.3) is 0 Å². The molecule has 0 aliphatic carbocycles. The molecule has 0 radical (unpaired) electrons. The third-order valence-corrected chi connectivity index (χ3v) is 12.0. The van der Waals surface area contributed by atoms with Crippen LogP contribution in [0.2, 0.25) is 5.02 Å². The predicted octanol–water partition coefficient (Wildman–Crippen LogP) is 5.69. The van der Waals surface area contributed by atoms with Crippen molar-refractivity contribution in [2.45, 2.75) is 72.7 Å². The minimum absolute atomic E-state index is 0.0306. The molecule has 224 valence electrons. The number of unbranched alkanes of at least 4 members (excludes halogenated alkanes) is 4. The number of carbonyl (C=O) groups excluding carboxylic acids is 3. The molecule has 2 amide bonds. The quantitative estimate of drug-likeness (QED) is 0.112. The number of benzene rings is 1. The topological polar surface area (TPSA) is 87.1 Å². The van der Waals surface area contributed by atoms with Crippen molar-refractivity contribution in [3.63, 3.8) is 0 Å². The van der Waals surface area contributed by atoms with Crippen LogP contribution < -0.4 is 4.90 Å². The van der Waals surface area contributed by atoms with Crippen LogP contribution in [-0.4, -0.2) is 75.0 Å². The van der Waals surface area contributed by atoms with Crippen LogP contribution in [0.5, 0.6) is 0 Å². The summed E-state index contributed by atoms with van der Waals surface area (Å²) in [6, 6.07) is 4.75. The number of aliphatic hydroxyl groups excluding tert-OH is 1. The average Bonchev–Trinajstić information content (AvgIpc) is 3.53. The molecule has 0 aromatic heterocycles. The van der Waals surface area contributed by atoms with Crippen molar-refractivity contribution in [3.8, 4) is 0 Å². The molecule has 3 aliphatic heterocycles. The number of para-hydroxylation sites is 1. The number of rotatable bonds is 15. The van der Waals surface area contributed by atoms with E-state index in [0.29, 0.717) is 42.9 Å². The van der Waals surface area contributed by atoms with Gasteiger partial charge in [0.2, 0.25) is 5.91 Å². The number of alkyl halides is 1. The first-order valence-electron chi connectivity index (χ1n) is 14.4. The Hall–Kier alpha value is -1.81. The minimum Gasteiger partial charge on any atom is -0.465 e. The maximum atomic E-state index is 14.7. The molecule has 3 unspecified atom stereocenters. The van der Waals surface area contributed by atoms with Crippen molar-refractivity contribution in [2.24, 2.45) is 11.8 Å². The van der Waals surface area contributed by atoms with Crippen LogP contribution in [0, 0.1) is 18.8 Å². The van der Waals surface area contributed by atoms with Gasteiger partial charge < -0.3 is 19.6 Å². The van der Waals surface area contributed by atoms with Crippen LogP contribution in [0.1, 0.15) is 50.5 Å². The van der Waals surface area contributed by atoms with Crippen molar-refractivity contribution in [2.75, 3.05) is 31.2 Å². The van der Waals surface area contributed by atoms with Gasteiger partial charge in [-0.15, -0.1) is 24.9 Å². The van der Waals surface area contributed by atoms with Crippen molar-refractivity contribution in [3.05, 3.63) is 54.1 Å². The van der Waals surface area contributed by atoms with Gasteiger partial charge in [-0.3, -0.25) is 14.4 Å². The average molecular weight is 668 g/mol. The largest absolute Gasteiger partial charge is 0.465 e. The molecule has 10 heteroatoms. The van der Waals surface area contributed by atoms with E-state index in [9.17, 15) is 19.5 Å². The van der Waals surface area contributed by atoms with Crippen molar-refractivity contribution in [1.29, 1.82) is 0 Å². The minimum atomic E-state index is -0.766. The molecule has 6 atom stereocenters. The summed E-state index contributed by atoms with van der Waals surface area (Å²) in [5.74, 6) is -1.99. The van der Waals surface area contributed by atoms with Gasteiger partial charge in [-0.2, -0.15) is 0 Å². The lowest BCUT2D eigenvalue weighted by Gasteiger charge is -2.38. The summed E-state index contributed by atoms with van der Waals surface area (Å²) in [6.07, 6.45) is 8.54. The second-order valence-corrected chi connectivity index (χ2v) is 14.2. The number of carbonyl (C=O) groups is 3. The summed E-state index contributed by atoms with van der Waals surface area (Å²) in [5.41, 5.74) is 1.46. The summed E-state index contributed by atoms with van der Waals surface area (Å²) < 4.78 is 4.92. The summed E-state index contributed by atoms with van der Waals surface area (Å²) in [5, 5.41) is 9.48. The Kier molecular flexibility index (Phi) is 11.0. The molecule has 3 heterocycles. The molecule has 1 spiro atoms. The number of aliphatic hydroxyl groups is 1. The number of nitrogens with zero attached hydrogens (tertiary/aromatic N) is 2. The van der Waals surface area contributed by atoms with Crippen molar-refractivity contribution in [1.82, 2.24) is 4.90 Å². The highest BCUT2D eigenvalue weighted by atomic mass is 79.9. The van der Waals surface area contributed by atoms with E-state index in [1.807, 2.05) is 19.1 Å². The van der Waals surface area contributed by atoms with Gasteiger partial charge in [-0.25, -0.2) is 0 Å². The maximum absolute atomic E-state index is 14.7. The number of hydrogen-bond acceptors (Lipinski definition) is 6. The Morgan fingerprint density at radius 3 is 2.68 bits per heavy atom. The Labute approximate surface area is 260 Å². The van der Waals surface area contributed by atoms with Gasteiger partial charge in [0, 0.05) is 29.8 Å². The first kappa shape index (κ1) is 32.1. The fourth-order valence-corrected chi connectivity index (χ4v) is 10.6. The molecule has 41 heavy (non-hydrogen) atoms. The summed E-state index contributed by atoms with van der Waals surface area (Å²) in [6.45, 7) is 10.6.